The fourth-order valence-electron chi connectivity index (χ4n) is 2.33. The minimum absolute atomic E-state index is 0.0779. The summed E-state index contributed by atoms with van der Waals surface area (Å²) in [6, 6.07) is 3.70. The average molecular weight is 249 g/mol. The van der Waals surface area contributed by atoms with Crippen LogP contribution in [-0.4, -0.2) is 23.5 Å². The molecule has 1 saturated carbocycles. The van der Waals surface area contributed by atoms with Gasteiger partial charge in [-0.2, -0.15) is 0 Å². The zero-order chi connectivity index (χ0) is 13.0. The molecule has 1 aromatic rings. The number of pyridine rings is 1. The average Bonchev–Trinajstić information content (AvgIpc) is 2.84. The Morgan fingerprint density at radius 2 is 2.28 bits per heavy atom. The summed E-state index contributed by atoms with van der Waals surface area (Å²) in [5.41, 5.74) is 6.25. The van der Waals surface area contributed by atoms with E-state index in [0.717, 1.165) is 31.2 Å². The number of aromatic nitrogens is 1. The molecular weight excluding hydrogens is 230 g/mol. The normalized spacial score (nSPS) is 17.4. The fraction of sp³-hybridized carbons (Fsp3) is 0.538. The van der Waals surface area contributed by atoms with Crippen molar-refractivity contribution in [1.29, 1.82) is 0 Å². The van der Waals surface area contributed by atoms with Crippen LogP contribution >= 0.6 is 0 Å². The SMILES string of the molecule is COc1ncccc1CNC(=O)C1(N)CCCC1. The van der Waals surface area contributed by atoms with Crippen LogP contribution in [0.15, 0.2) is 18.3 Å². The molecule has 3 N–H and O–H groups in total. The third kappa shape index (κ3) is 2.61. The fourth-order valence-corrected chi connectivity index (χ4v) is 2.33. The minimum atomic E-state index is -0.685. The van der Waals surface area contributed by atoms with Crippen LogP contribution in [0, 0.1) is 0 Å². The summed E-state index contributed by atoms with van der Waals surface area (Å²) in [5, 5.41) is 2.87. The van der Waals surface area contributed by atoms with Crippen LogP contribution in [0.2, 0.25) is 0 Å². The van der Waals surface area contributed by atoms with E-state index in [1.807, 2.05) is 12.1 Å². The van der Waals surface area contributed by atoms with Gasteiger partial charge in [0, 0.05) is 18.3 Å². The molecule has 0 radical (unpaired) electrons. The summed E-state index contributed by atoms with van der Waals surface area (Å²) >= 11 is 0. The summed E-state index contributed by atoms with van der Waals surface area (Å²) in [7, 11) is 1.56. The van der Waals surface area contributed by atoms with Gasteiger partial charge in [-0.3, -0.25) is 4.79 Å². The van der Waals surface area contributed by atoms with Crippen LogP contribution in [0.25, 0.3) is 0 Å². The van der Waals surface area contributed by atoms with E-state index in [9.17, 15) is 4.79 Å². The molecule has 0 aromatic carbocycles. The molecule has 0 unspecified atom stereocenters. The predicted octanol–water partition coefficient (Wildman–Crippen LogP) is 0.978. The molecule has 2 rings (SSSR count). The Balaban J connectivity index is 1.97. The van der Waals surface area contributed by atoms with E-state index in [0.29, 0.717) is 12.4 Å². The van der Waals surface area contributed by atoms with Gasteiger partial charge in [0.1, 0.15) is 0 Å². The molecule has 5 heteroatoms. The first kappa shape index (κ1) is 12.8. The van der Waals surface area contributed by atoms with Gasteiger partial charge in [0.05, 0.1) is 12.6 Å². The Labute approximate surface area is 107 Å². The molecule has 1 fully saturated rings. The molecule has 1 amide bonds. The maximum atomic E-state index is 12.0. The molecule has 0 aliphatic heterocycles. The van der Waals surface area contributed by atoms with E-state index < -0.39 is 5.54 Å². The van der Waals surface area contributed by atoms with Crippen molar-refractivity contribution in [1.82, 2.24) is 10.3 Å². The summed E-state index contributed by atoms with van der Waals surface area (Å²) < 4.78 is 5.13. The number of hydrogen-bond acceptors (Lipinski definition) is 4. The van der Waals surface area contributed by atoms with Crippen molar-refractivity contribution >= 4 is 5.91 Å². The van der Waals surface area contributed by atoms with Crippen molar-refractivity contribution in [3.05, 3.63) is 23.9 Å². The third-order valence-electron chi connectivity index (χ3n) is 3.43. The lowest BCUT2D eigenvalue weighted by molar-refractivity contribution is -0.126. The first-order valence-electron chi connectivity index (χ1n) is 6.21. The number of ether oxygens (including phenoxy) is 1. The lowest BCUT2D eigenvalue weighted by atomic mass is 9.98. The second-order valence-electron chi connectivity index (χ2n) is 4.72. The Morgan fingerprint density at radius 1 is 1.56 bits per heavy atom. The molecule has 5 nitrogen and oxygen atoms in total. The Morgan fingerprint density at radius 3 is 2.94 bits per heavy atom. The number of methoxy groups -OCH3 is 1. The highest BCUT2D eigenvalue weighted by molar-refractivity contribution is 5.86. The van der Waals surface area contributed by atoms with Crippen molar-refractivity contribution in [2.24, 2.45) is 5.73 Å². The van der Waals surface area contributed by atoms with Crippen LogP contribution in [0.5, 0.6) is 5.88 Å². The lowest BCUT2D eigenvalue weighted by Gasteiger charge is -2.22. The van der Waals surface area contributed by atoms with Crippen LogP contribution in [0.3, 0.4) is 0 Å². The van der Waals surface area contributed by atoms with Gasteiger partial charge in [0.25, 0.3) is 0 Å². The first-order chi connectivity index (χ1) is 8.65. The van der Waals surface area contributed by atoms with Crippen LogP contribution in [0.4, 0.5) is 0 Å². The van der Waals surface area contributed by atoms with Gasteiger partial charge in [-0.05, 0) is 18.9 Å². The number of amides is 1. The molecule has 0 bridgehead atoms. The summed E-state index contributed by atoms with van der Waals surface area (Å²) in [5.74, 6) is 0.459. The Hall–Kier alpha value is -1.62. The quantitative estimate of drug-likeness (QED) is 0.833. The van der Waals surface area contributed by atoms with Crippen LogP contribution in [0.1, 0.15) is 31.2 Å². The van der Waals surface area contributed by atoms with E-state index >= 15 is 0 Å². The minimum Gasteiger partial charge on any atom is -0.481 e. The predicted molar refractivity (Wildman–Crippen MR) is 68.0 cm³/mol. The van der Waals surface area contributed by atoms with E-state index in [4.69, 9.17) is 10.5 Å². The van der Waals surface area contributed by atoms with E-state index in [2.05, 4.69) is 10.3 Å². The number of nitrogens with one attached hydrogen (secondary N) is 1. The summed E-state index contributed by atoms with van der Waals surface area (Å²) in [4.78, 5) is 16.1. The topological polar surface area (TPSA) is 77.2 Å². The number of nitrogens with two attached hydrogens (primary N) is 1. The highest BCUT2D eigenvalue weighted by Crippen LogP contribution is 2.27. The van der Waals surface area contributed by atoms with Gasteiger partial charge in [0.2, 0.25) is 11.8 Å². The standard InChI is InChI=1S/C13H19N3O2/c1-18-11-10(5-4-8-15-11)9-16-12(17)13(14)6-2-3-7-13/h4-5,8H,2-3,6-7,9,14H2,1H3,(H,16,17). The van der Waals surface area contributed by atoms with E-state index in [1.165, 1.54) is 0 Å². The highest BCUT2D eigenvalue weighted by Gasteiger charge is 2.36. The highest BCUT2D eigenvalue weighted by atomic mass is 16.5. The third-order valence-corrected chi connectivity index (χ3v) is 3.43. The molecule has 1 heterocycles. The van der Waals surface area contributed by atoms with Crippen molar-refractivity contribution in [2.75, 3.05) is 7.11 Å². The zero-order valence-corrected chi connectivity index (χ0v) is 10.6. The van der Waals surface area contributed by atoms with Crippen LogP contribution in [-0.2, 0) is 11.3 Å². The molecular formula is C13H19N3O2. The summed E-state index contributed by atoms with van der Waals surface area (Å²) in [6.07, 6.45) is 5.25. The lowest BCUT2D eigenvalue weighted by Crippen LogP contribution is -2.51. The molecule has 98 valence electrons. The Bertz CT molecular complexity index is 428. The number of carbonyl (C=O) groups excluding carboxylic acids is 1. The number of nitrogens with zero attached hydrogens (tertiary/aromatic N) is 1. The number of carbonyl (C=O) groups is 1. The number of rotatable bonds is 4. The van der Waals surface area contributed by atoms with Crippen molar-refractivity contribution < 1.29 is 9.53 Å². The zero-order valence-electron chi connectivity index (χ0n) is 10.6. The molecule has 18 heavy (non-hydrogen) atoms. The molecule has 0 saturated heterocycles. The van der Waals surface area contributed by atoms with Crippen LogP contribution < -0.4 is 15.8 Å². The van der Waals surface area contributed by atoms with Gasteiger partial charge in [-0.15, -0.1) is 0 Å². The van der Waals surface area contributed by atoms with Crippen molar-refractivity contribution in [3.8, 4) is 5.88 Å². The molecule has 1 aromatic heterocycles. The van der Waals surface area contributed by atoms with Gasteiger partial charge < -0.3 is 15.8 Å². The smallest absolute Gasteiger partial charge is 0.240 e. The van der Waals surface area contributed by atoms with E-state index in [-0.39, 0.29) is 5.91 Å². The maximum absolute atomic E-state index is 12.0. The second-order valence-corrected chi connectivity index (χ2v) is 4.72. The first-order valence-corrected chi connectivity index (χ1v) is 6.21. The second kappa shape index (κ2) is 5.35. The number of hydrogen-bond donors (Lipinski definition) is 2. The monoisotopic (exact) mass is 249 g/mol. The maximum Gasteiger partial charge on any atom is 0.240 e. The Kier molecular flexibility index (Phi) is 3.81. The largest absolute Gasteiger partial charge is 0.481 e. The van der Waals surface area contributed by atoms with Gasteiger partial charge in [-0.1, -0.05) is 18.9 Å². The molecule has 0 spiro atoms. The molecule has 1 aliphatic rings. The summed E-state index contributed by atoms with van der Waals surface area (Å²) in [6.45, 7) is 0.398. The van der Waals surface area contributed by atoms with Gasteiger partial charge in [-0.25, -0.2) is 4.98 Å². The van der Waals surface area contributed by atoms with Crippen molar-refractivity contribution in [3.63, 3.8) is 0 Å². The van der Waals surface area contributed by atoms with Crippen molar-refractivity contribution in [2.45, 2.75) is 37.8 Å². The van der Waals surface area contributed by atoms with E-state index in [1.54, 1.807) is 13.3 Å². The van der Waals surface area contributed by atoms with Gasteiger partial charge in [0.15, 0.2) is 0 Å². The molecule has 1 aliphatic carbocycles. The molecule has 0 atom stereocenters. The van der Waals surface area contributed by atoms with Gasteiger partial charge >= 0.3 is 0 Å².